The van der Waals surface area contributed by atoms with Gasteiger partial charge >= 0.3 is 0 Å². The van der Waals surface area contributed by atoms with Crippen LogP contribution in [0.2, 0.25) is 0 Å². The second-order valence-corrected chi connectivity index (χ2v) is 7.39. The van der Waals surface area contributed by atoms with Crippen LogP contribution in [-0.4, -0.2) is 78.5 Å². The van der Waals surface area contributed by atoms with Gasteiger partial charge in [0.05, 0.1) is 36.9 Å². The van der Waals surface area contributed by atoms with Gasteiger partial charge in [-0.3, -0.25) is 9.69 Å². The molecule has 1 amide bonds. The fraction of sp³-hybridized carbons (Fsp3) is 0.318. The second-order valence-electron chi connectivity index (χ2n) is 7.39. The van der Waals surface area contributed by atoms with E-state index in [1.807, 2.05) is 18.2 Å². The minimum absolute atomic E-state index is 0.205. The van der Waals surface area contributed by atoms with Gasteiger partial charge in [-0.05, 0) is 29.5 Å². The molecule has 10 nitrogen and oxygen atoms in total. The van der Waals surface area contributed by atoms with Gasteiger partial charge in [0.1, 0.15) is 12.3 Å². The molecule has 1 fully saturated rings. The number of hydrogen-bond acceptors (Lipinski definition) is 9. The lowest BCUT2D eigenvalue weighted by Crippen LogP contribution is -2.38. The maximum Gasteiger partial charge on any atom is 0.276 e. The van der Waals surface area contributed by atoms with Crippen LogP contribution in [0.15, 0.2) is 41.4 Å². The first-order valence-corrected chi connectivity index (χ1v) is 10.4. The molecule has 3 aromatic rings. The van der Waals surface area contributed by atoms with Crippen molar-refractivity contribution in [3.63, 3.8) is 0 Å². The number of hydrogen-bond donors (Lipinski definition) is 1. The highest BCUT2D eigenvalue weighted by molar-refractivity contribution is 6.52. The zero-order valence-corrected chi connectivity index (χ0v) is 17.6. The molecule has 2 aromatic carbocycles. The molecule has 0 spiro atoms. The van der Waals surface area contributed by atoms with E-state index in [9.17, 15) is 4.79 Å². The zero-order valence-electron chi connectivity index (χ0n) is 17.6. The van der Waals surface area contributed by atoms with Gasteiger partial charge in [0.25, 0.3) is 5.91 Å². The first kappa shape index (κ1) is 20.3. The van der Waals surface area contributed by atoms with Crippen molar-refractivity contribution in [3.8, 4) is 11.5 Å². The van der Waals surface area contributed by atoms with E-state index in [0.29, 0.717) is 40.7 Å². The summed E-state index contributed by atoms with van der Waals surface area (Å²) >= 11 is 0. The lowest BCUT2D eigenvalue weighted by Gasteiger charge is -2.26. The number of morpholine rings is 1. The first-order chi connectivity index (χ1) is 15.7. The summed E-state index contributed by atoms with van der Waals surface area (Å²) in [6, 6.07) is 10.7. The molecule has 0 radical (unpaired) electrons. The van der Waals surface area contributed by atoms with Crippen LogP contribution in [0.25, 0.3) is 10.9 Å². The summed E-state index contributed by atoms with van der Waals surface area (Å²) in [5.74, 6) is 0.768. The van der Waals surface area contributed by atoms with Gasteiger partial charge in [0.2, 0.25) is 0 Å². The number of benzene rings is 2. The van der Waals surface area contributed by atoms with Crippen LogP contribution in [0.3, 0.4) is 0 Å². The normalized spacial score (nSPS) is 15.5. The van der Waals surface area contributed by atoms with Crippen LogP contribution in [-0.2, 0) is 9.53 Å². The molecule has 32 heavy (non-hydrogen) atoms. The van der Waals surface area contributed by atoms with Gasteiger partial charge in [0.15, 0.2) is 17.2 Å². The SMILES string of the molecule is COc1cc(NC(=O)C2=Nc3cccc4nnnc2c34)ccc1OCCN1CCOCC1. The third-order valence-corrected chi connectivity index (χ3v) is 5.42. The Balaban J connectivity index is 1.27. The molecule has 5 rings (SSSR count). The fourth-order valence-corrected chi connectivity index (χ4v) is 3.77. The molecule has 3 heterocycles. The summed E-state index contributed by atoms with van der Waals surface area (Å²) in [5, 5.41) is 15.4. The van der Waals surface area contributed by atoms with Crippen molar-refractivity contribution in [3.05, 3.63) is 42.1 Å². The van der Waals surface area contributed by atoms with Crippen LogP contribution in [0, 0.1) is 0 Å². The summed E-state index contributed by atoms with van der Waals surface area (Å²) < 4.78 is 16.7. The maximum atomic E-state index is 12.9. The number of carbonyl (C=O) groups excluding carboxylic acids is 1. The smallest absolute Gasteiger partial charge is 0.276 e. The van der Waals surface area contributed by atoms with E-state index in [0.717, 1.165) is 38.2 Å². The molecule has 0 aliphatic carbocycles. The molecular formula is C22H22N6O4. The number of methoxy groups -OCH3 is 1. The third kappa shape index (κ3) is 3.97. The number of amides is 1. The zero-order chi connectivity index (χ0) is 21.9. The average Bonchev–Trinajstić information content (AvgIpc) is 3.21. The Hall–Kier alpha value is -3.63. The molecule has 2 aliphatic heterocycles. The number of carbonyl (C=O) groups is 1. The van der Waals surface area contributed by atoms with Crippen molar-refractivity contribution in [1.29, 1.82) is 0 Å². The van der Waals surface area contributed by atoms with Crippen LogP contribution in [0.5, 0.6) is 11.5 Å². The van der Waals surface area contributed by atoms with Crippen molar-refractivity contribution in [2.24, 2.45) is 4.99 Å². The molecule has 0 bridgehead atoms. The van der Waals surface area contributed by atoms with Crippen LogP contribution in [0.1, 0.15) is 5.69 Å². The number of aromatic nitrogens is 3. The molecule has 1 saturated heterocycles. The Labute approximate surface area is 184 Å². The Morgan fingerprint density at radius 1 is 1.16 bits per heavy atom. The van der Waals surface area contributed by atoms with E-state index in [1.165, 1.54) is 0 Å². The third-order valence-electron chi connectivity index (χ3n) is 5.42. The van der Waals surface area contributed by atoms with Gasteiger partial charge in [-0.2, -0.15) is 0 Å². The van der Waals surface area contributed by atoms with E-state index < -0.39 is 0 Å². The second kappa shape index (κ2) is 8.85. The van der Waals surface area contributed by atoms with E-state index in [4.69, 9.17) is 14.2 Å². The molecular weight excluding hydrogens is 412 g/mol. The molecule has 0 saturated carbocycles. The first-order valence-electron chi connectivity index (χ1n) is 10.4. The molecule has 10 heteroatoms. The Bertz CT molecular complexity index is 1190. The largest absolute Gasteiger partial charge is 0.493 e. The highest BCUT2D eigenvalue weighted by atomic mass is 16.5. The van der Waals surface area contributed by atoms with Gasteiger partial charge in [0, 0.05) is 31.4 Å². The van der Waals surface area contributed by atoms with Crippen molar-refractivity contribution in [2.45, 2.75) is 0 Å². The van der Waals surface area contributed by atoms with Crippen molar-refractivity contribution in [2.75, 3.05) is 51.9 Å². The number of nitrogens with one attached hydrogen (secondary N) is 1. The quantitative estimate of drug-likeness (QED) is 0.600. The molecule has 164 valence electrons. The topological polar surface area (TPSA) is 111 Å². The van der Waals surface area contributed by atoms with E-state index in [2.05, 4.69) is 30.6 Å². The molecule has 0 unspecified atom stereocenters. The Kier molecular flexibility index (Phi) is 5.61. The fourth-order valence-electron chi connectivity index (χ4n) is 3.77. The number of nitrogens with zero attached hydrogens (tertiary/aromatic N) is 5. The minimum Gasteiger partial charge on any atom is -0.493 e. The van der Waals surface area contributed by atoms with Gasteiger partial charge in [-0.1, -0.05) is 6.07 Å². The lowest BCUT2D eigenvalue weighted by atomic mass is 10.1. The van der Waals surface area contributed by atoms with E-state index in [-0.39, 0.29) is 11.6 Å². The van der Waals surface area contributed by atoms with Crippen molar-refractivity contribution >= 4 is 33.9 Å². The number of rotatable bonds is 7. The summed E-state index contributed by atoms with van der Waals surface area (Å²) in [6.07, 6.45) is 0. The monoisotopic (exact) mass is 434 g/mol. The summed E-state index contributed by atoms with van der Waals surface area (Å²) in [4.78, 5) is 19.7. The Morgan fingerprint density at radius 3 is 2.88 bits per heavy atom. The predicted molar refractivity (Wildman–Crippen MR) is 118 cm³/mol. The van der Waals surface area contributed by atoms with Gasteiger partial charge in [-0.15, -0.1) is 10.2 Å². The molecule has 1 N–H and O–H groups in total. The van der Waals surface area contributed by atoms with Crippen LogP contribution >= 0.6 is 0 Å². The summed E-state index contributed by atoms with van der Waals surface area (Å²) in [7, 11) is 1.57. The highest BCUT2D eigenvalue weighted by Crippen LogP contribution is 2.34. The predicted octanol–water partition coefficient (Wildman–Crippen LogP) is 1.82. The maximum absolute atomic E-state index is 12.9. The minimum atomic E-state index is -0.383. The van der Waals surface area contributed by atoms with E-state index in [1.54, 1.807) is 25.3 Å². The summed E-state index contributed by atoms with van der Waals surface area (Å²) in [5.41, 5.74) is 2.50. The van der Waals surface area contributed by atoms with Gasteiger partial charge in [-0.25, -0.2) is 4.99 Å². The number of ether oxygens (including phenoxy) is 3. The standard InChI is InChI=1S/C22H22N6O4/c1-30-18-13-14(5-6-17(18)32-12-9-28-7-10-31-11-8-28)23-22(29)21-20-19-15(24-21)3-2-4-16(19)25-27-26-20/h2-6,13H,7-12H2,1H3,(H,23,29). The highest BCUT2D eigenvalue weighted by Gasteiger charge is 2.27. The molecule has 2 aliphatic rings. The molecule has 0 atom stereocenters. The van der Waals surface area contributed by atoms with Gasteiger partial charge < -0.3 is 19.5 Å². The number of aliphatic imine (C=N–C) groups is 1. The molecule has 1 aromatic heterocycles. The average molecular weight is 434 g/mol. The Morgan fingerprint density at radius 2 is 2.03 bits per heavy atom. The van der Waals surface area contributed by atoms with E-state index >= 15 is 0 Å². The van der Waals surface area contributed by atoms with Crippen molar-refractivity contribution in [1.82, 2.24) is 20.3 Å². The lowest BCUT2D eigenvalue weighted by molar-refractivity contribution is -0.110. The van der Waals surface area contributed by atoms with Crippen LogP contribution in [0.4, 0.5) is 11.4 Å². The van der Waals surface area contributed by atoms with Crippen molar-refractivity contribution < 1.29 is 19.0 Å². The number of anilines is 1. The van der Waals surface area contributed by atoms with Crippen LogP contribution < -0.4 is 14.8 Å². The summed E-state index contributed by atoms with van der Waals surface area (Å²) in [6.45, 7) is 4.68.